The molecule has 1 aromatic carbocycles. The lowest BCUT2D eigenvalue weighted by Crippen LogP contribution is -2.43. The number of hydrogen-bond donors (Lipinski definition) is 1. The summed E-state index contributed by atoms with van der Waals surface area (Å²) >= 11 is 5.86. The number of hydrogen-bond acceptors (Lipinski definition) is 6. The third-order valence-corrected chi connectivity index (χ3v) is 5.22. The van der Waals surface area contributed by atoms with Crippen LogP contribution in [0.3, 0.4) is 0 Å². The normalized spacial score (nSPS) is 13.2. The summed E-state index contributed by atoms with van der Waals surface area (Å²) in [6.07, 6.45) is -7.39. The first-order valence-electron chi connectivity index (χ1n) is 10.0. The number of aromatic nitrogens is 7. The van der Waals surface area contributed by atoms with E-state index in [0.29, 0.717) is 5.02 Å². The van der Waals surface area contributed by atoms with Crippen LogP contribution in [0.25, 0.3) is 17.2 Å². The maximum absolute atomic E-state index is 13.3. The summed E-state index contributed by atoms with van der Waals surface area (Å²) < 4.78 is 81.5. The maximum Gasteiger partial charge on any atom is 0.420 e. The highest BCUT2D eigenvalue weighted by Crippen LogP contribution is 2.32. The van der Waals surface area contributed by atoms with Gasteiger partial charge in [0.05, 0.1) is 6.54 Å². The van der Waals surface area contributed by atoms with E-state index in [4.69, 9.17) is 17.3 Å². The van der Waals surface area contributed by atoms with Gasteiger partial charge in [-0.2, -0.15) is 26.3 Å². The van der Waals surface area contributed by atoms with Crippen molar-refractivity contribution >= 4 is 11.6 Å². The molecule has 0 unspecified atom stereocenters. The van der Waals surface area contributed by atoms with Crippen molar-refractivity contribution in [2.24, 2.45) is 5.73 Å². The molecule has 0 bridgehead atoms. The van der Waals surface area contributed by atoms with Crippen LogP contribution in [-0.4, -0.2) is 46.3 Å². The van der Waals surface area contributed by atoms with Crippen LogP contribution in [0.1, 0.15) is 11.4 Å². The van der Waals surface area contributed by atoms with E-state index in [9.17, 15) is 31.1 Å². The van der Waals surface area contributed by atoms with E-state index in [-0.39, 0.29) is 17.2 Å². The average Bonchev–Trinajstić information content (AvgIpc) is 3.39. The van der Waals surface area contributed by atoms with Crippen molar-refractivity contribution in [1.29, 1.82) is 0 Å². The molecule has 0 saturated heterocycles. The molecule has 1 atom stereocenters. The van der Waals surface area contributed by atoms with Crippen LogP contribution in [0.4, 0.5) is 26.3 Å². The molecular weight excluding hydrogens is 518 g/mol. The van der Waals surface area contributed by atoms with E-state index in [0.717, 1.165) is 38.6 Å². The number of nitrogens with zero attached hydrogens (tertiary/aromatic N) is 7. The molecule has 0 aliphatic rings. The Morgan fingerprint density at radius 1 is 1.00 bits per heavy atom. The van der Waals surface area contributed by atoms with Crippen LogP contribution in [-0.2, 0) is 19.3 Å². The number of alkyl halides is 6. The third-order valence-electron chi connectivity index (χ3n) is 4.96. The Hall–Kier alpha value is -3.72. The number of halogens is 7. The molecule has 0 spiro atoms. The molecule has 4 aromatic rings. The fourth-order valence-corrected chi connectivity index (χ4v) is 3.35. The molecule has 190 valence electrons. The molecule has 0 amide bonds. The minimum absolute atomic E-state index is 0.125. The monoisotopic (exact) mass is 532 g/mol. The van der Waals surface area contributed by atoms with Crippen LogP contribution in [0.5, 0.6) is 0 Å². The van der Waals surface area contributed by atoms with Crippen molar-refractivity contribution in [3.8, 4) is 17.2 Å². The molecular formula is C20H15ClF6N8O. The van der Waals surface area contributed by atoms with E-state index in [1.54, 1.807) is 0 Å². The van der Waals surface area contributed by atoms with Gasteiger partial charge >= 0.3 is 18.0 Å². The summed E-state index contributed by atoms with van der Waals surface area (Å²) in [7, 11) is 0. The molecule has 3 heterocycles. The van der Waals surface area contributed by atoms with E-state index in [1.165, 1.54) is 24.3 Å². The van der Waals surface area contributed by atoms with Gasteiger partial charge in [0.25, 0.3) is 0 Å². The van der Waals surface area contributed by atoms with Gasteiger partial charge in [-0.1, -0.05) is 11.6 Å². The zero-order valence-electron chi connectivity index (χ0n) is 17.9. The van der Waals surface area contributed by atoms with E-state index in [1.807, 2.05) is 0 Å². The number of nitrogens with two attached hydrogens (primary N) is 1. The highest BCUT2D eigenvalue weighted by Gasteiger charge is 2.38. The molecule has 3 aromatic heterocycles. The first kappa shape index (κ1) is 25.4. The molecule has 16 heteroatoms. The minimum atomic E-state index is -4.78. The van der Waals surface area contributed by atoms with Crippen molar-refractivity contribution in [3.05, 3.63) is 75.8 Å². The molecule has 0 radical (unpaired) electrons. The smallest absolute Gasteiger partial charge is 0.319 e. The van der Waals surface area contributed by atoms with Crippen molar-refractivity contribution in [1.82, 2.24) is 34.1 Å². The van der Waals surface area contributed by atoms with E-state index >= 15 is 0 Å². The molecule has 4 rings (SSSR count). The van der Waals surface area contributed by atoms with Gasteiger partial charge in [0.15, 0.2) is 17.5 Å². The Balaban J connectivity index is 1.71. The predicted octanol–water partition coefficient (Wildman–Crippen LogP) is 3.30. The molecule has 9 nitrogen and oxygen atoms in total. The van der Waals surface area contributed by atoms with E-state index < -0.39 is 48.6 Å². The Labute approximate surface area is 202 Å². The predicted molar refractivity (Wildman–Crippen MR) is 114 cm³/mol. The second kappa shape index (κ2) is 9.39. The summed E-state index contributed by atoms with van der Waals surface area (Å²) in [5, 5.41) is 8.37. The highest BCUT2D eigenvalue weighted by atomic mass is 35.5. The molecule has 0 aliphatic carbocycles. The average molecular weight is 533 g/mol. The summed E-state index contributed by atoms with van der Waals surface area (Å²) in [4.78, 5) is 20.5. The van der Waals surface area contributed by atoms with Crippen LogP contribution in [0.15, 0.2) is 53.7 Å². The van der Waals surface area contributed by atoms with Crippen molar-refractivity contribution < 1.29 is 26.3 Å². The summed E-state index contributed by atoms with van der Waals surface area (Å²) in [5.74, 6) is -0.803. The lowest BCUT2D eigenvalue weighted by atomic mass is 10.2. The van der Waals surface area contributed by atoms with Gasteiger partial charge in [-0.05, 0) is 36.4 Å². The molecule has 0 saturated carbocycles. The highest BCUT2D eigenvalue weighted by molar-refractivity contribution is 6.30. The van der Waals surface area contributed by atoms with Gasteiger partial charge in [0.2, 0.25) is 0 Å². The summed E-state index contributed by atoms with van der Waals surface area (Å²) in [6, 6.07) is 5.40. The van der Waals surface area contributed by atoms with Gasteiger partial charge in [0.1, 0.15) is 24.5 Å². The van der Waals surface area contributed by atoms with Crippen LogP contribution < -0.4 is 11.4 Å². The van der Waals surface area contributed by atoms with Gasteiger partial charge in [0, 0.05) is 16.8 Å². The minimum Gasteiger partial charge on any atom is -0.319 e. The SMILES string of the molecule is N[C@@H](Cn1c(-c2ccc(Cl)cc2)nn(Cc2ncn(-c3ncccc3C(F)(F)F)n2)c1=O)C(F)(F)F. The largest absolute Gasteiger partial charge is 0.420 e. The Kier molecular flexibility index (Phi) is 6.62. The summed E-state index contributed by atoms with van der Waals surface area (Å²) in [5.41, 5.74) is 3.50. The maximum atomic E-state index is 13.3. The van der Waals surface area contributed by atoms with Gasteiger partial charge in [-0.25, -0.2) is 24.1 Å². The fraction of sp³-hybridized carbons (Fsp3) is 0.250. The third kappa shape index (κ3) is 5.26. The van der Waals surface area contributed by atoms with Crippen molar-refractivity contribution in [2.75, 3.05) is 0 Å². The molecule has 36 heavy (non-hydrogen) atoms. The molecule has 2 N–H and O–H groups in total. The zero-order valence-corrected chi connectivity index (χ0v) is 18.6. The van der Waals surface area contributed by atoms with Gasteiger partial charge in [-0.15, -0.1) is 10.2 Å². The quantitative estimate of drug-likeness (QED) is 0.382. The molecule has 0 aliphatic heterocycles. The first-order chi connectivity index (χ1) is 16.8. The van der Waals surface area contributed by atoms with Crippen molar-refractivity contribution in [2.45, 2.75) is 31.5 Å². The van der Waals surface area contributed by atoms with E-state index in [2.05, 4.69) is 20.2 Å². The van der Waals surface area contributed by atoms with Crippen LogP contribution >= 0.6 is 11.6 Å². The number of benzene rings is 1. The Morgan fingerprint density at radius 2 is 1.69 bits per heavy atom. The van der Waals surface area contributed by atoms with Gasteiger partial charge < -0.3 is 5.73 Å². The van der Waals surface area contributed by atoms with Crippen molar-refractivity contribution in [3.63, 3.8) is 0 Å². The zero-order chi connectivity index (χ0) is 26.3. The first-order valence-corrected chi connectivity index (χ1v) is 10.4. The Morgan fingerprint density at radius 3 is 2.33 bits per heavy atom. The number of pyridine rings is 1. The molecule has 0 fully saturated rings. The standard InChI is InChI=1S/C20H15ClF6N8O/c21-12-5-3-11(4-6-12)16-32-34(18(36)33(16)8-14(28)20(25,26)27)9-15-30-10-35(31-15)17-13(19(22,23)24)2-1-7-29-17/h1-7,10,14H,8-9,28H2/t14-/m0/s1. The Bertz CT molecular complexity index is 1420. The van der Waals surface area contributed by atoms with Crippen LogP contribution in [0, 0.1) is 0 Å². The van der Waals surface area contributed by atoms with Crippen LogP contribution in [0.2, 0.25) is 5.02 Å². The lowest BCUT2D eigenvalue weighted by molar-refractivity contribution is -0.150. The second-order valence-corrected chi connectivity index (χ2v) is 7.94. The fourth-order valence-electron chi connectivity index (χ4n) is 3.23. The van der Waals surface area contributed by atoms with Gasteiger partial charge in [-0.3, -0.25) is 4.57 Å². The second-order valence-electron chi connectivity index (χ2n) is 7.51. The lowest BCUT2D eigenvalue weighted by Gasteiger charge is -2.16. The summed E-state index contributed by atoms with van der Waals surface area (Å²) in [6.45, 7) is -1.38. The topological polar surface area (TPSA) is 109 Å². The number of rotatable bonds is 6.